The lowest BCUT2D eigenvalue weighted by Crippen LogP contribution is -1.92. The van der Waals surface area contributed by atoms with Gasteiger partial charge in [0.25, 0.3) is 0 Å². The van der Waals surface area contributed by atoms with Crippen molar-refractivity contribution in [3.8, 4) is 11.1 Å². The Labute approximate surface area is 135 Å². The van der Waals surface area contributed by atoms with Crippen LogP contribution in [0.25, 0.3) is 27.6 Å². The fourth-order valence-electron chi connectivity index (χ4n) is 2.61. The molecule has 0 aliphatic rings. The van der Waals surface area contributed by atoms with Crippen LogP contribution in [0.1, 0.15) is 5.56 Å². The number of hydrogen-bond acceptors (Lipinski definition) is 3. The van der Waals surface area contributed by atoms with Gasteiger partial charge < -0.3 is 5.73 Å². The van der Waals surface area contributed by atoms with Crippen LogP contribution in [-0.4, -0.2) is 9.97 Å². The van der Waals surface area contributed by atoms with E-state index in [9.17, 15) is 0 Å². The lowest BCUT2D eigenvalue weighted by Gasteiger charge is -2.11. The van der Waals surface area contributed by atoms with E-state index >= 15 is 0 Å². The number of hydrogen-bond donors (Lipinski definition) is 1. The third-order valence-electron chi connectivity index (χ3n) is 3.65. The van der Waals surface area contributed by atoms with Gasteiger partial charge >= 0.3 is 0 Å². The van der Waals surface area contributed by atoms with Crippen molar-refractivity contribution >= 4 is 22.2 Å². The fraction of sp³-hybridized carbons (Fsp3) is 0. The third kappa shape index (κ3) is 2.90. The maximum atomic E-state index is 5.94. The molecule has 0 aliphatic heterocycles. The summed E-state index contributed by atoms with van der Waals surface area (Å²) in [6, 6.07) is 12.0. The number of benzene rings is 2. The van der Waals surface area contributed by atoms with Gasteiger partial charge in [0.2, 0.25) is 0 Å². The molecule has 112 valence electrons. The first-order valence-corrected chi connectivity index (χ1v) is 7.28. The summed E-state index contributed by atoms with van der Waals surface area (Å²) in [5, 5.41) is 0.972. The highest BCUT2D eigenvalue weighted by atomic mass is 14.8. The SMILES string of the molecule is C=C/C=C(\C=C)c1cc(-c2cccc(N)c2)c2ncncc2c1. The molecule has 0 unspecified atom stereocenters. The Bertz CT molecular complexity index is 923. The van der Waals surface area contributed by atoms with Gasteiger partial charge in [-0.2, -0.15) is 0 Å². The lowest BCUT2D eigenvalue weighted by atomic mass is 9.95. The van der Waals surface area contributed by atoms with Gasteiger partial charge in [0, 0.05) is 22.8 Å². The molecule has 0 amide bonds. The van der Waals surface area contributed by atoms with Crippen LogP contribution >= 0.6 is 0 Å². The van der Waals surface area contributed by atoms with E-state index in [0.717, 1.165) is 38.9 Å². The molecule has 0 saturated carbocycles. The highest BCUT2D eigenvalue weighted by molar-refractivity contribution is 5.97. The summed E-state index contributed by atoms with van der Waals surface area (Å²) in [5.74, 6) is 0. The van der Waals surface area contributed by atoms with Crippen LogP contribution in [-0.2, 0) is 0 Å². The van der Waals surface area contributed by atoms with Gasteiger partial charge in [0.15, 0.2) is 0 Å². The number of nitrogen functional groups attached to an aromatic ring is 1. The van der Waals surface area contributed by atoms with Crippen molar-refractivity contribution in [2.24, 2.45) is 0 Å². The first kappa shape index (κ1) is 14.7. The molecule has 2 aromatic carbocycles. The zero-order valence-corrected chi connectivity index (χ0v) is 12.7. The molecular weight excluding hydrogens is 282 g/mol. The molecule has 0 saturated heterocycles. The third-order valence-corrected chi connectivity index (χ3v) is 3.65. The molecule has 3 heteroatoms. The minimum absolute atomic E-state index is 0.723. The zero-order valence-electron chi connectivity index (χ0n) is 12.7. The van der Waals surface area contributed by atoms with Crippen molar-refractivity contribution in [2.45, 2.75) is 0 Å². The van der Waals surface area contributed by atoms with Crippen molar-refractivity contribution < 1.29 is 0 Å². The van der Waals surface area contributed by atoms with Crippen LogP contribution in [0.3, 0.4) is 0 Å². The minimum atomic E-state index is 0.723. The van der Waals surface area contributed by atoms with Gasteiger partial charge in [-0.05, 0) is 41.0 Å². The molecule has 2 N–H and O–H groups in total. The van der Waals surface area contributed by atoms with Crippen molar-refractivity contribution in [2.75, 3.05) is 5.73 Å². The van der Waals surface area contributed by atoms with Crippen molar-refractivity contribution in [3.05, 3.63) is 85.9 Å². The molecular formula is C20H17N3. The van der Waals surface area contributed by atoms with Crippen molar-refractivity contribution in [1.82, 2.24) is 9.97 Å². The first-order chi connectivity index (χ1) is 11.2. The van der Waals surface area contributed by atoms with E-state index in [2.05, 4.69) is 35.3 Å². The number of fused-ring (bicyclic) bond motifs is 1. The minimum Gasteiger partial charge on any atom is -0.399 e. The number of nitrogens with zero attached hydrogens (tertiary/aromatic N) is 2. The van der Waals surface area contributed by atoms with E-state index in [1.54, 1.807) is 12.4 Å². The molecule has 1 aromatic heterocycles. The summed E-state index contributed by atoms with van der Waals surface area (Å²) in [6.45, 7) is 7.65. The van der Waals surface area contributed by atoms with E-state index in [0.29, 0.717) is 0 Å². The largest absolute Gasteiger partial charge is 0.399 e. The lowest BCUT2D eigenvalue weighted by molar-refractivity contribution is 1.22. The summed E-state index contributed by atoms with van der Waals surface area (Å²) < 4.78 is 0. The first-order valence-electron chi connectivity index (χ1n) is 7.28. The van der Waals surface area contributed by atoms with E-state index in [1.807, 2.05) is 42.6 Å². The van der Waals surface area contributed by atoms with Gasteiger partial charge in [-0.1, -0.05) is 43.5 Å². The smallest absolute Gasteiger partial charge is 0.116 e. The number of nitrogens with two attached hydrogens (primary N) is 1. The Morgan fingerprint density at radius 2 is 2.00 bits per heavy atom. The van der Waals surface area contributed by atoms with E-state index in [1.165, 1.54) is 0 Å². The molecule has 3 rings (SSSR count). The normalized spacial score (nSPS) is 11.4. The predicted molar refractivity (Wildman–Crippen MR) is 97.8 cm³/mol. The predicted octanol–water partition coefficient (Wildman–Crippen LogP) is 4.63. The quantitative estimate of drug-likeness (QED) is 0.564. The Kier molecular flexibility index (Phi) is 4.02. The second-order valence-corrected chi connectivity index (χ2v) is 5.17. The van der Waals surface area contributed by atoms with Crippen molar-refractivity contribution in [3.63, 3.8) is 0 Å². The van der Waals surface area contributed by atoms with Gasteiger partial charge in [0.05, 0.1) is 5.52 Å². The average Bonchev–Trinajstić information content (AvgIpc) is 2.58. The molecule has 1 heterocycles. The molecule has 0 fully saturated rings. The molecule has 3 aromatic rings. The van der Waals surface area contributed by atoms with Crippen LogP contribution in [0.2, 0.25) is 0 Å². The molecule has 0 radical (unpaired) electrons. The number of aromatic nitrogens is 2. The van der Waals surface area contributed by atoms with Crippen molar-refractivity contribution in [1.29, 1.82) is 0 Å². The topological polar surface area (TPSA) is 51.8 Å². The molecule has 3 nitrogen and oxygen atoms in total. The van der Waals surface area contributed by atoms with Crippen LogP contribution < -0.4 is 5.73 Å². The highest BCUT2D eigenvalue weighted by Crippen LogP contribution is 2.32. The van der Waals surface area contributed by atoms with E-state index in [4.69, 9.17) is 5.73 Å². The average molecular weight is 299 g/mol. The molecule has 0 bridgehead atoms. The van der Waals surface area contributed by atoms with E-state index < -0.39 is 0 Å². The van der Waals surface area contributed by atoms with Gasteiger partial charge in [-0.25, -0.2) is 9.97 Å². The molecule has 0 aliphatic carbocycles. The molecule has 0 spiro atoms. The summed E-state index contributed by atoms with van der Waals surface area (Å²) in [6.07, 6.45) is 8.88. The standard InChI is InChI=1S/C20H17N3/c1-3-6-14(4-2)16-9-17-12-22-13-23-20(17)19(11-16)15-7-5-8-18(21)10-15/h3-13H,1-2,21H2/b14-6+. The van der Waals surface area contributed by atoms with Gasteiger partial charge in [-0.3, -0.25) is 0 Å². The monoisotopic (exact) mass is 299 g/mol. The van der Waals surface area contributed by atoms with E-state index in [-0.39, 0.29) is 0 Å². The van der Waals surface area contributed by atoms with Crippen LogP contribution in [0, 0.1) is 0 Å². The molecule has 23 heavy (non-hydrogen) atoms. The second kappa shape index (κ2) is 6.28. The van der Waals surface area contributed by atoms with Crippen LogP contribution in [0.5, 0.6) is 0 Å². The maximum absolute atomic E-state index is 5.94. The summed E-state index contributed by atoms with van der Waals surface area (Å²) in [4.78, 5) is 8.58. The number of anilines is 1. The second-order valence-electron chi connectivity index (χ2n) is 5.17. The number of rotatable bonds is 4. The Morgan fingerprint density at radius 3 is 2.74 bits per heavy atom. The Hall–Kier alpha value is -3.20. The van der Waals surface area contributed by atoms with Gasteiger partial charge in [0.1, 0.15) is 6.33 Å². The highest BCUT2D eigenvalue weighted by Gasteiger charge is 2.09. The number of allylic oxidation sites excluding steroid dienone is 4. The summed E-state index contributed by atoms with van der Waals surface area (Å²) >= 11 is 0. The Morgan fingerprint density at radius 1 is 1.13 bits per heavy atom. The fourth-order valence-corrected chi connectivity index (χ4v) is 2.61. The van der Waals surface area contributed by atoms with Gasteiger partial charge in [-0.15, -0.1) is 0 Å². The Balaban J connectivity index is 2.33. The summed E-state index contributed by atoms with van der Waals surface area (Å²) in [7, 11) is 0. The van der Waals surface area contributed by atoms with Crippen LogP contribution in [0.15, 0.2) is 80.3 Å². The summed E-state index contributed by atoms with van der Waals surface area (Å²) in [5.41, 5.74) is 11.6. The van der Waals surface area contributed by atoms with Crippen LogP contribution in [0.4, 0.5) is 5.69 Å². The zero-order chi connectivity index (χ0) is 16.2. The molecule has 0 atom stereocenters. The maximum Gasteiger partial charge on any atom is 0.116 e.